The molecule has 1 amide bonds. The fourth-order valence-electron chi connectivity index (χ4n) is 2.02. The van der Waals surface area contributed by atoms with Gasteiger partial charge in [-0.2, -0.15) is 0 Å². The zero-order valence-electron chi connectivity index (χ0n) is 9.98. The van der Waals surface area contributed by atoms with Crippen molar-refractivity contribution in [3.63, 3.8) is 0 Å². The summed E-state index contributed by atoms with van der Waals surface area (Å²) in [6.07, 6.45) is 4.67. The van der Waals surface area contributed by atoms with Gasteiger partial charge in [-0.1, -0.05) is 0 Å². The lowest BCUT2D eigenvalue weighted by molar-refractivity contribution is 0.0386. The number of hydrogen-bond donors (Lipinski definition) is 2. The van der Waals surface area contributed by atoms with Gasteiger partial charge in [0, 0.05) is 26.8 Å². The van der Waals surface area contributed by atoms with Gasteiger partial charge >= 0.3 is 0 Å². The maximum atomic E-state index is 12.1. The first-order valence-electron chi connectivity index (χ1n) is 5.73. The summed E-state index contributed by atoms with van der Waals surface area (Å²) in [6, 6.07) is 0. The second-order valence-corrected chi connectivity index (χ2v) is 4.44. The Labute approximate surface area is 100 Å². The Bertz CT molecular complexity index is 396. The van der Waals surface area contributed by atoms with E-state index in [1.807, 2.05) is 0 Å². The summed E-state index contributed by atoms with van der Waals surface area (Å²) < 4.78 is 6.99. The normalized spacial score (nSPS) is 18.9. The van der Waals surface area contributed by atoms with E-state index in [0.717, 1.165) is 12.8 Å². The van der Waals surface area contributed by atoms with Crippen molar-refractivity contribution in [2.75, 3.05) is 19.8 Å². The first kappa shape index (κ1) is 12.1. The molecule has 0 aromatic carbocycles. The molecule has 2 rings (SSSR count). The minimum Gasteiger partial charge on any atom is -0.381 e. The van der Waals surface area contributed by atoms with E-state index in [9.17, 15) is 4.79 Å². The summed E-state index contributed by atoms with van der Waals surface area (Å²) in [7, 11) is 1.79. The number of rotatable bonds is 3. The average Bonchev–Trinajstić information content (AvgIpc) is 2.77. The second-order valence-electron chi connectivity index (χ2n) is 4.44. The highest BCUT2D eigenvalue weighted by atomic mass is 16.5. The van der Waals surface area contributed by atoms with Gasteiger partial charge in [-0.3, -0.25) is 4.79 Å². The summed E-state index contributed by atoms with van der Waals surface area (Å²) in [4.78, 5) is 16.0. The molecule has 1 fully saturated rings. The highest BCUT2D eigenvalue weighted by Gasteiger charge is 2.33. The third-order valence-electron chi connectivity index (χ3n) is 3.27. The smallest absolute Gasteiger partial charge is 0.270 e. The highest BCUT2D eigenvalue weighted by Crippen LogP contribution is 2.19. The third kappa shape index (κ3) is 2.48. The van der Waals surface area contributed by atoms with Crippen LogP contribution in [-0.4, -0.2) is 40.8 Å². The van der Waals surface area contributed by atoms with Gasteiger partial charge in [0.05, 0.1) is 18.1 Å². The van der Waals surface area contributed by atoms with Gasteiger partial charge in [-0.15, -0.1) is 0 Å². The number of aromatic nitrogens is 2. The lowest BCUT2D eigenvalue weighted by Gasteiger charge is -2.36. The molecule has 2 heterocycles. The number of carbonyl (C=O) groups is 1. The topological polar surface area (TPSA) is 82.2 Å². The number of nitrogens with zero attached hydrogens (tertiary/aromatic N) is 2. The molecule has 1 aromatic rings. The van der Waals surface area contributed by atoms with Gasteiger partial charge in [0.1, 0.15) is 5.69 Å². The van der Waals surface area contributed by atoms with Gasteiger partial charge in [0.15, 0.2) is 0 Å². The Hall–Kier alpha value is -1.40. The van der Waals surface area contributed by atoms with Crippen molar-refractivity contribution in [1.29, 1.82) is 0 Å². The SMILES string of the molecule is Cn1cncc1C(=O)NC1(CN)CCOCC1. The Balaban J connectivity index is 2.08. The summed E-state index contributed by atoms with van der Waals surface area (Å²) in [5.74, 6) is -0.127. The van der Waals surface area contributed by atoms with Crippen LogP contribution in [0.1, 0.15) is 23.3 Å². The maximum Gasteiger partial charge on any atom is 0.270 e. The standard InChI is InChI=1S/C11H18N4O2/c1-15-8-13-6-9(15)10(16)14-11(7-12)2-4-17-5-3-11/h6,8H,2-5,7,12H2,1H3,(H,14,16). The van der Waals surface area contributed by atoms with Crippen molar-refractivity contribution >= 4 is 5.91 Å². The molecule has 1 aromatic heterocycles. The number of ether oxygens (including phenoxy) is 1. The van der Waals surface area contributed by atoms with Crippen molar-refractivity contribution in [2.45, 2.75) is 18.4 Å². The number of nitrogens with two attached hydrogens (primary N) is 1. The van der Waals surface area contributed by atoms with Crippen molar-refractivity contribution < 1.29 is 9.53 Å². The van der Waals surface area contributed by atoms with Gasteiger partial charge in [0.2, 0.25) is 0 Å². The molecular weight excluding hydrogens is 220 g/mol. The molecule has 1 aliphatic heterocycles. The molecule has 1 saturated heterocycles. The van der Waals surface area contributed by atoms with E-state index in [-0.39, 0.29) is 11.4 Å². The molecule has 0 saturated carbocycles. The van der Waals surface area contributed by atoms with Crippen LogP contribution in [0.2, 0.25) is 0 Å². The maximum absolute atomic E-state index is 12.1. The summed E-state index contributed by atoms with van der Waals surface area (Å²) in [6.45, 7) is 1.71. The number of carbonyl (C=O) groups excluding carboxylic acids is 1. The van der Waals surface area contributed by atoms with Crippen molar-refractivity contribution in [1.82, 2.24) is 14.9 Å². The summed E-state index contributed by atoms with van der Waals surface area (Å²) >= 11 is 0. The average molecular weight is 238 g/mol. The van der Waals surface area contributed by atoms with Crippen LogP contribution in [-0.2, 0) is 11.8 Å². The first-order chi connectivity index (χ1) is 8.17. The van der Waals surface area contributed by atoms with Gasteiger partial charge in [-0.05, 0) is 12.8 Å². The van der Waals surface area contributed by atoms with Crippen LogP contribution in [0.15, 0.2) is 12.5 Å². The van der Waals surface area contributed by atoms with Gasteiger partial charge in [0.25, 0.3) is 5.91 Å². The number of amides is 1. The fraction of sp³-hybridized carbons (Fsp3) is 0.636. The zero-order chi connectivity index (χ0) is 12.3. The van der Waals surface area contributed by atoms with E-state index in [2.05, 4.69) is 10.3 Å². The molecule has 0 unspecified atom stereocenters. The van der Waals surface area contributed by atoms with Crippen molar-refractivity contribution in [3.05, 3.63) is 18.2 Å². The molecule has 94 valence electrons. The predicted octanol–water partition coefficient (Wildman–Crippen LogP) is -0.342. The molecule has 6 heteroatoms. The third-order valence-corrected chi connectivity index (χ3v) is 3.27. The van der Waals surface area contributed by atoms with E-state index in [0.29, 0.717) is 25.5 Å². The lowest BCUT2D eigenvalue weighted by Crippen LogP contribution is -2.56. The molecule has 6 nitrogen and oxygen atoms in total. The Morgan fingerprint density at radius 3 is 2.88 bits per heavy atom. The molecule has 1 aliphatic rings. The van der Waals surface area contributed by atoms with Crippen LogP contribution in [0.5, 0.6) is 0 Å². The second kappa shape index (κ2) is 4.85. The van der Waals surface area contributed by atoms with Crippen LogP contribution < -0.4 is 11.1 Å². The van der Waals surface area contributed by atoms with E-state index >= 15 is 0 Å². The van der Waals surface area contributed by atoms with Crippen LogP contribution in [0.25, 0.3) is 0 Å². The quantitative estimate of drug-likeness (QED) is 0.754. The zero-order valence-corrected chi connectivity index (χ0v) is 9.98. The number of aryl methyl sites for hydroxylation is 1. The molecule has 0 bridgehead atoms. The Morgan fingerprint density at radius 2 is 2.35 bits per heavy atom. The highest BCUT2D eigenvalue weighted by molar-refractivity contribution is 5.92. The van der Waals surface area contributed by atoms with E-state index < -0.39 is 0 Å². The molecule has 3 N–H and O–H groups in total. The van der Waals surface area contributed by atoms with Gasteiger partial charge in [-0.25, -0.2) is 4.98 Å². The van der Waals surface area contributed by atoms with Gasteiger partial charge < -0.3 is 20.4 Å². The molecule has 0 atom stereocenters. The molecule has 17 heavy (non-hydrogen) atoms. The Morgan fingerprint density at radius 1 is 1.65 bits per heavy atom. The minimum absolute atomic E-state index is 0.127. The fourth-order valence-corrected chi connectivity index (χ4v) is 2.02. The van der Waals surface area contributed by atoms with Crippen LogP contribution >= 0.6 is 0 Å². The van der Waals surface area contributed by atoms with Crippen LogP contribution in [0.4, 0.5) is 0 Å². The Kier molecular flexibility index (Phi) is 3.44. The number of hydrogen-bond acceptors (Lipinski definition) is 4. The van der Waals surface area contributed by atoms with Crippen LogP contribution in [0, 0.1) is 0 Å². The largest absolute Gasteiger partial charge is 0.381 e. The minimum atomic E-state index is -0.334. The molecule has 0 spiro atoms. The first-order valence-corrected chi connectivity index (χ1v) is 5.73. The number of imidazole rings is 1. The van der Waals surface area contributed by atoms with E-state index in [1.54, 1.807) is 24.1 Å². The van der Waals surface area contributed by atoms with Crippen molar-refractivity contribution in [2.24, 2.45) is 12.8 Å². The number of nitrogens with one attached hydrogen (secondary N) is 1. The van der Waals surface area contributed by atoms with E-state index in [4.69, 9.17) is 10.5 Å². The van der Waals surface area contributed by atoms with E-state index in [1.165, 1.54) is 0 Å². The van der Waals surface area contributed by atoms with Crippen LogP contribution in [0.3, 0.4) is 0 Å². The monoisotopic (exact) mass is 238 g/mol. The summed E-state index contributed by atoms with van der Waals surface area (Å²) in [5, 5.41) is 3.02. The van der Waals surface area contributed by atoms with Crippen molar-refractivity contribution in [3.8, 4) is 0 Å². The lowest BCUT2D eigenvalue weighted by atomic mass is 9.90. The molecular formula is C11H18N4O2. The molecule has 0 radical (unpaired) electrons. The summed E-state index contributed by atoms with van der Waals surface area (Å²) in [5.41, 5.74) is 6.00. The molecule has 0 aliphatic carbocycles. The predicted molar refractivity (Wildman–Crippen MR) is 62.5 cm³/mol.